The Labute approximate surface area is 141 Å². The van der Waals surface area contributed by atoms with Crippen molar-refractivity contribution < 1.29 is 24.2 Å². The van der Waals surface area contributed by atoms with E-state index in [0.29, 0.717) is 30.3 Å². The molecule has 1 heterocycles. The van der Waals surface area contributed by atoms with Crippen LogP contribution in [0.1, 0.15) is 27.2 Å². The first-order valence-corrected chi connectivity index (χ1v) is 8.05. The Kier molecular flexibility index (Phi) is 5.84. The van der Waals surface area contributed by atoms with Crippen molar-refractivity contribution in [3.8, 4) is 11.5 Å². The molecule has 24 heavy (non-hydrogen) atoms. The van der Waals surface area contributed by atoms with Gasteiger partial charge in [0.1, 0.15) is 23.3 Å². The van der Waals surface area contributed by atoms with Crippen LogP contribution in [0.25, 0.3) is 0 Å². The van der Waals surface area contributed by atoms with Crippen LogP contribution in [0.5, 0.6) is 11.5 Å². The molecule has 1 aliphatic rings. The maximum Gasteiger partial charge on any atom is 0.326 e. The van der Waals surface area contributed by atoms with E-state index in [1.807, 2.05) is 26.8 Å². The van der Waals surface area contributed by atoms with E-state index in [9.17, 15) is 14.7 Å². The Bertz CT molecular complexity index is 638. The number of ether oxygens (including phenoxy) is 2. The highest BCUT2D eigenvalue weighted by Crippen LogP contribution is 2.25. The fraction of sp³-hybridized carbons (Fsp3) is 0.444. The predicted molar refractivity (Wildman–Crippen MR) is 88.9 cm³/mol. The zero-order chi connectivity index (χ0) is 17.7. The minimum Gasteiger partial charge on any atom is -0.494 e. The first-order chi connectivity index (χ1) is 11.4. The lowest BCUT2D eigenvalue weighted by molar-refractivity contribution is -0.148. The Morgan fingerprint density at radius 3 is 2.67 bits per heavy atom. The highest BCUT2D eigenvalue weighted by atomic mass is 16.5. The Balaban J connectivity index is 2.06. The van der Waals surface area contributed by atoms with Gasteiger partial charge in [-0.05, 0) is 31.4 Å². The van der Waals surface area contributed by atoms with Crippen molar-refractivity contribution in [1.29, 1.82) is 0 Å². The third kappa shape index (κ3) is 4.50. The van der Waals surface area contributed by atoms with Gasteiger partial charge in [0, 0.05) is 12.1 Å². The number of hydrogen-bond donors (Lipinski definition) is 1. The Hall–Kier alpha value is -2.50. The number of carboxylic acids is 1. The van der Waals surface area contributed by atoms with Crippen molar-refractivity contribution in [2.45, 2.75) is 33.2 Å². The minimum atomic E-state index is -0.995. The van der Waals surface area contributed by atoms with Crippen molar-refractivity contribution in [1.82, 2.24) is 4.90 Å². The summed E-state index contributed by atoms with van der Waals surface area (Å²) in [6.07, 6.45) is 1.76. The molecule has 2 rings (SSSR count). The molecule has 1 atom stereocenters. The number of carbonyl (C=O) groups is 2. The molecule has 0 fully saturated rings. The molecule has 1 aromatic rings. The second kappa shape index (κ2) is 7.86. The summed E-state index contributed by atoms with van der Waals surface area (Å²) >= 11 is 0. The van der Waals surface area contributed by atoms with Crippen molar-refractivity contribution in [2.75, 3.05) is 13.2 Å². The van der Waals surface area contributed by atoms with Crippen LogP contribution in [-0.2, 0) is 9.59 Å². The molecule has 6 heteroatoms. The van der Waals surface area contributed by atoms with Crippen LogP contribution in [0, 0.1) is 5.92 Å². The van der Waals surface area contributed by atoms with Crippen LogP contribution in [0.3, 0.4) is 0 Å². The van der Waals surface area contributed by atoms with Gasteiger partial charge >= 0.3 is 5.97 Å². The smallest absolute Gasteiger partial charge is 0.326 e. The van der Waals surface area contributed by atoms with Gasteiger partial charge < -0.3 is 19.5 Å². The summed E-state index contributed by atoms with van der Waals surface area (Å²) in [5.74, 6) is 0.511. The zero-order valence-electron chi connectivity index (χ0n) is 14.2. The lowest BCUT2D eigenvalue weighted by Crippen LogP contribution is -2.43. The van der Waals surface area contributed by atoms with E-state index in [4.69, 9.17) is 9.47 Å². The minimum absolute atomic E-state index is 0.154. The second-order valence-corrected chi connectivity index (χ2v) is 6.07. The van der Waals surface area contributed by atoms with E-state index < -0.39 is 12.0 Å². The van der Waals surface area contributed by atoms with Crippen LogP contribution >= 0.6 is 0 Å². The normalized spacial score (nSPS) is 15.4. The molecule has 1 aliphatic heterocycles. The van der Waals surface area contributed by atoms with E-state index >= 15 is 0 Å². The fourth-order valence-electron chi connectivity index (χ4n) is 2.59. The molecule has 0 radical (unpaired) electrons. The standard InChI is InChI=1S/C18H23NO5/c1-4-23-13-6-5-7-14(9-13)24-15-10-17(20)19(11-15)16(18(21)22)8-12(2)3/h5-7,9-10,12,16H,4,8,11H2,1-3H3,(H,21,22)/t16-/m0/s1. The number of rotatable bonds is 8. The van der Waals surface area contributed by atoms with Gasteiger partial charge in [-0.3, -0.25) is 4.79 Å². The molecule has 130 valence electrons. The molecule has 0 aliphatic carbocycles. The van der Waals surface area contributed by atoms with Crippen LogP contribution < -0.4 is 9.47 Å². The molecule has 1 aromatic carbocycles. The topological polar surface area (TPSA) is 76.1 Å². The molecule has 0 aromatic heterocycles. The predicted octanol–water partition coefficient (Wildman–Crippen LogP) is 2.69. The third-order valence-electron chi connectivity index (χ3n) is 3.62. The number of carboxylic acid groups (broad SMARTS) is 1. The Morgan fingerprint density at radius 2 is 2.04 bits per heavy atom. The van der Waals surface area contributed by atoms with Gasteiger partial charge in [-0.15, -0.1) is 0 Å². The van der Waals surface area contributed by atoms with Crippen LogP contribution in [0.2, 0.25) is 0 Å². The van der Waals surface area contributed by atoms with E-state index in [1.54, 1.807) is 18.2 Å². The van der Waals surface area contributed by atoms with Gasteiger partial charge in [0.15, 0.2) is 0 Å². The quantitative estimate of drug-likeness (QED) is 0.791. The monoisotopic (exact) mass is 333 g/mol. The highest BCUT2D eigenvalue weighted by molar-refractivity contribution is 5.94. The summed E-state index contributed by atoms with van der Waals surface area (Å²) in [5, 5.41) is 9.40. The summed E-state index contributed by atoms with van der Waals surface area (Å²) in [7, 11) is 0. The molecular weight excluding hydrogens is 310 g/mol. The van der Waals surface area contributed by atoms with E-state index in [0.717, 1.165) is 0 Å². The van der Waals surface area contributed by atoms with Crippen LogP contribution in [-0.4, -0.2) is 41.1 Å². The molecule has 0 unspecified atom stereocenters. The molecule has 0 spiro atoms. The number of carbonyl (C=O) groups excluding carboxylic acids is 1. The second-order valence-electron chi connectivity index (χ2n) is 6.07. The van der Waals surface area contributed by atoms with Crippen molar-refractivity contribution in [3.05, 3.63) is 36.1 Å². The van der Waals surface area contributed by atoms with Gasteiger partial charge in [-0.2, -0.15) is 0 Å². The summed E-state index contributed by atoms with van der Waals surface area (Å²) in [4.78, 5) is 25.0. The summed E-state index contributed by atoms with van der Waals surface area (Å²) in [6, 6.07) is 6.28. The van der Waals surface area contributed by atoms with Gasteiger partial charge in [-0.25, -0.2) is 4.79 Å². The molecule has 0 bridgehead atoms. The number of aliphatic carboxylic acids is 1. The maximum absolute atomic E-state index is 12.2. The number of benzene rings is 1. The van der Waals surface area contributed by atoms with Gasteiger partial charge in [0.05, 0.1) is 13.2 Å². The lowest BCUT2D eigenvalue weighted by Gasteiger charge is -2.25. The van der Waals surface area contributed by atoms with E-state index in [-0.39, 0.29) is 18.4 Å². The van der Waals surface area contributed by atoms with E-state index in [1.165, 1.54) is 11.0 Å². The Morgan fingerprint density at radius 1 is 1.33 bits per heavy atom. The SMILES string of the molecule is CCOc1cccc(OC2=CC(=O)N([C@@H](CC(C)C)C(=O)O)C2)c1. The van der Waals surface area contributed by atoms with Gasteiger partial charge in [0.2, 0.25) is 0 Å². The zero-order valence-corrected chi connectivity index (χ0v) is 14.2. The fourth-order valence-corrected chi connectivity index (χ4v) is 2.59. The average molecular weight is 333 g/mol. The molecule has 6 nitrogen and oxygen atoms in total. The summed E-state index contributed by atoms with van der Waals surface area (Å²) in [6.45, 7) is 6.46. The molecule has 1 N–H and O–H groups in total. The summed E-state index contributed by atoms with van der Waals surface area (Å²) in [5.41, 5.74) is 0. The lowest BCUT2D eigenvalue weighted by atomic mass is 10.0. The van der Waals surface area contributed by atoms with Gasteiger partial charge in [-0.1, -0.05) is 19.9 Å². The van der Waals surface area contributed by atoms with Crippen LogP contribution in [0.4, 0.5) is 0 Å². The summed E-state index contributed by atoms with van der Waals surface area (Å²) < 4.78 is 11.1. The molecular formula is C18H23NO5. The molecule has 1 amide bonds. The number of amides is 1. The van der Waals surface area contributed by atoms with Crippen molar-refractivity contribution in [2.24, 2.45) is 5.92 Å². The third-order valence-corrected chi connectivity index (χ3v) is 3.62. The first-order valence-electron chi connectivity index (χ1n) is 8.05. The largest absolute Gasteiger partial charge is 0.494 e. The molecule has 0 saturated carbocycles. The highest BCUT2D eigenvalue weighted by Gasteiger charge is 2.34. The van der Waals surface area contributed by atoms with Crippen molar-refractivity contribution in [3.63, 3.8) is 0 Å². The van der Waals surface area contributed by atoms with Crippen molar-refractivity contribution >= 4 is 11.9 Å². The van der Waals surface area contributed by atoms with Crippen LogP contribution in [0.15, 0.2) is 36.1 Å². The average Bonchev–Trinajstić information content (AvgIpc) is 2.85. The molecule has 0 saturated heterocycles. The van der Waals surface area contributed by atoms with E-state index in [2.05, 4.69) is 0 Å². The first kappa shape index (κ1) is 17.8. The number of nitrogens with zero attached hydrogens (tertiary/aromatic N) is 1. The van der Waals surface area contributed by atoms with Gasteiger partial charge in [0.25, 0.3) is 5.91 Å². The maximum atomic E-state index is 12.2. The number of hydrogen-bond acceptors (Lipinski definition) is 4.